The van der Waals surface area contributed by atoms with Crippen molar-refractivity contribution in [1.82, 2.24) is 0 Å². The summed E-state index contributed by atoms with van der Waals surface area (Å²) in [5.74, 6) is -1.20. The first kappa shape index (κ1) is 14.4. The summed E-state index contributed by atoms with van der Waals surface area (Å²) in [7, 11) is 0. The topological polar surface area (TPSA) is 66.8 Å². The zero-order valence-corrected chi connectivity index (χ0v) is 11.4. The largest absolute Gasteiger partial charge is 0.504 e. The highest BCUT2D eigenvalue weighted by atomic mass is 16.5. The molecule has 0 fully saturated rings. The second-order valence-electron chi connectivity index (χ2n) is 5.89. The molecule has 100 valence electrons. The minimum Gasteiger partial charge on any atom is -0.504 e. The Bertz CT molecular complexity index is 435. The molecule has 0 aliphatic heterocycles. The van der Waals surface area contributed by atoms with E-state index in [1.54, 1.807) is 13.8 Å². The van der Waals surface area contributed by atoms with E-state index >= 15 is 0 Å². The van der Waals surface area contributed by atoms with Crippen molar-refractivity contribution in [3.05, 3.63) is 18.2 Å². The number of hydrogen-bond acceptors (Lipinski definition) is 4. The van der Waals surface area contributed by atoms with Crippen molar-refractivity contribution in [2.45, 2.75) is 34.6 Å². The van der Waals surface area contributed by atoms with Gasteiger partial charge in [-0.1, -0.05) is 26.8 Å². The van der Waals surface area contributed by atoms with Crippen LogP contribution >= 0.6 is 0 Å². The van der Waals surface area contributed by atoms with Crippen LogP contribution in [-0.2, 0) is 4.79 Å². The van der Waals surface area contributed by atoms with Gasteiger partial charge in [0.25, 0.3) is 0 Å². The van der Waals surface area contributed by atoms with Gasteiger partial charge in [-0.15, -0.1) is 0 Å². The van der Waals surface area contributed by atoms with E-state index in [0.29, 0.717) is 0 Å². The molecule has 0 aliphatic carbocycles. The highest BCUT2D eigenvalue weighted by Crippen LogP contribution is 2.42. The number of phenolic OH excluding ortho intramolecular Hbond substituents is 2. The Morgan fingerprint density at radius 2 is 1.50 bits per heavy atom. The first-order chi connectivity index (χ1) is 8.07. The van der Waals surface area contributed by atoms with Crippen LogP contribution in [0.1, 0.15) is 34.6 Å². The molecule has 4 nitrogen and oxygen atoms in total. The van der Waals surface area contributed by atoms with Crippen LogP contribution in [0.4, 0.5) is 0 Å². The van der Waals surface area contributed by atoms with Gasteiger partial charge in [0.15, 0.2) is 11.5 Å². The van der Waals surface area contributed by atoms with E-state index in [1.165, 1.54) is 18.2 Å². The summed E-state index contributed by atoms with van der Waals surface area (Å²) in [4.78, 5) is 12.1. The monoisotopic (exact) mass is 252 g/mol. The van der Waals surface area contributed by atoms with Gasteiger partial charge in [-0.25, -0.2) is 0 Å². The summed E-state index contributed by atoms with van der Waals surface area (Å²) in [6.07, 6.45) is 0. The van der Waals surface area contributed by atoms with E-state index in [2.05, 4.69) is 0 Å². The third-order valence-corrected chi connectivity index (χ3v) is 3.55. The van der Waals surface area contributed by atoms with E-state index in [-0.39, 0.29) is 22.7 Å². The molecule has 1 rings (SSSR count). The molecule has 0 saturated carbocycles. The summed E-state index contributed by atoms with van der Waals surface area (Å²) in [6.45, 7) is 9.33. The molecular weight excluding hydrogens is 232 g/mol. The molecule has 0 aliphatic rings. The van der Waals surface area contributed by atoms with Crippen molar-refractivity contribution in [2.24, 2.45) is 10.8 Å². The molecule has 2 N–H and O–H groups in total. The summed E-state index contributed by atoms with van der Waals surface area (Å²) in [6, 6.07) is 4.18. The smallest absolute Gasteiger partial charge is 0.317 e. The van der Waals surface area contributed by atoms with Gasteiger partial charge in [-0.3, -0.25) is 4.79 Å². The van der Waals surface area contributed by atoms with Crippen LogP contribution in [0.15, 0.2) is 18.2 Å². The van der Waals surface area contributed by atoms with Gasteiger partial charge in [0.05, 0.1) is 5.41 Å². The number of carbonyl (C=O) groups is 1. The molecule has 18 heavy (non-hydrogen) atoms. The van der Waals surface area contributed by atoms with Gasteiger partial charge < -0.3 is 14.9 Å². The van der Waals surface area contributed by atoms with Gasteiger partial charge in [-0.05, 0) is 31.4 Å². The predicted molar refractivity (Wildman–Crippen MR) is 68.6 cm³/mol. The third-order valence-electron chi connectivity index (χ3n) is 3.55. The number of phenols is 2. The van der Waals surface area contributed by atoms with Crippen LogP contribution < -0.4 is 4.74 Å². The minimum absolute atomic E-state index is 0.195. The molecule has 1 aromatic carbocycles. The number of hydrogen-bond donors (Lipinski definition) is 2. The Morgan fingerprint density at radius 3 is 1.89 bits per heavy atom. The Hall–Kier alpha value is -1.71. The lowest BCUT2D eigenvalue weighted by Gasteiger charge is -2.36. The second kappa shape index (κ2) is 4.52. The molecule has 0 atom stereocenters. The SMILES string of the molecule is CC(C)(C)C(C)(C)C(=O)Oc1c(O)cccc1O. The fourth-order valence-electron chi connectivity index (χ4n) is 1.14. The predicted octanol–water partition coefficient (Wildman–Crippen LogP) is 3.08. The molecule has 1 aromatic rings. The molecule has 0 bridgehead atoms. The fraction of sp³-hybridized carbons (Fsp3) is 0.500. The second-order valence-corrected chi connectivity index (χ2v) is 5.89. The molecule has 0 amide bonds. The quantitative estimate of drug-likeness (QED) is 0.627. The van der Waals surface area contributed by atoms with E-state index in [1.807, 2.05) is 20.8 Å². The lowest BCUT2D eigenvalue weighted by atomic mass is 9.69. The van der Waals surface area contributed by atoms with Crippen molar-refractivity contribution < 1.29 is 19.7 Å². The molecule has 4 heteroatoms. The van der Waals surface area contributed by atoms with Crippen LogP contribution in [0.2, 0.25) is 0 Å². The highest BCUT2D eigenvalue weighted by molar-refractivity contribution is 5.80. The van der Waals surface area contributed by atoms with Gasteiger partial charge in [0.2, 0.25) is 5.75 Å². The Kier molecular flexibility index (Phi) is 3.60. The third kappa shape index (κ3) is 2.58. The Morgan fingerprint density at radius 1 is 1.06 bits per heavy atom. The summed E-state index contributed by atoms with van der Waals surface area (Å²) in [5, 5.41) is 19.1. The number of esters is 1. The zero-order valence-electron chi connectivity index (χ0n) is 11.4. The van der Waals surface area contributed by atoms with Crippen LogP contribution in [0.25, 0.3) is 0 Å². The first-order valence-electron chi connectivity index (χ1n) is 5.80. The zero-order chi connectivity index (χ0) is 14.1. The standard InChI is InChI=1S/C14H20O4/c1-13(2,3)14(4,5)12(17)18-11-9(15)7-6-8-10(11)16/h6-8,15-16H,1-5H3. The molecule has 0 spiro atoms. The van der Waals surface area contributed by atoms with Crippen LogP contribution in [-0.4, -0.2) is 16.2 Å². The number of benzene rings is 1. The van der Waals surface area contributed by atoms with Gasteiger partial charge in [-0.2, -0.15) is 0 Å². The van der Waals surface area contributed by atoms with Crippen LogP contribution in [0.5, 0.6) is 17.2 Å². The van der Waals surface area contributed by atoms with E-state index in [0.717, 1.165) is 0 Å². The van der Waals surface area contributed by atoms with Gasteiger partial charge in [0, 0.05) is 0 Å². The normalized spacial score (nSPS) is 12.3. The molecule has 0 saturated heterocycles. The Balaban J connectivity index is 3.03. The summed E-state index contributed by atoms with van der Waals surface area (Å²) < 4.78 is 5.13. The van der Waals surface area contributed by atoms with Gasteiger partial charge in [0.1, 0.15) is 0 Å². The molecule has 0 aromatic heterocycles. The lowest BCUT2D eigenvalue weighted by Crippen LogP contribution is -2.40. The first-order valence-corrected chi connectivity index (χ1v) is 5.80. The van der Waals surface area contributed by atoms with Crippen LogP contribution in [0, 0.1) is 10.8 Å². The number of aromatic hydroxyl groups is 2. The molecule has 0 heterocycles. The molecule has 0 radical (unpaired) electrons. The fourth-order valence-corrected chi connectivity index (χ4v) is 1.14. The Labute approximate surface area is 107 Å². The number of carbonyl (C=O) groups excluding carboxylic acids is 1. The summed E-state index contributed by atoms with van der Waals surface area (Å²) >= 11 is 0. The number of rotatable bonds is 2. The maximum Gasteiger partial charge on any atom is 0.317 e. The average Bonchev–Trinajstić information content (AvgIpc) is 2.21. The van der Waals surface area contributed by atoms with Crippen molar-refractivity contribution in [3.63, 3.8) is 0 Å². The highest BCUT2D eigenvalue weighted by Gasteiger charge is 2.42. The maximum atomic E-state index is 12.1. The molecular formula is C14H20O4. The lowest BCUT2D eigenvalue weighted by molar-refractivity contribution is -0.150. The van der Waals surface area contributed by atoms with E-state index < -0.39 is 11.4 Å². The molecule has 0 unspecified atom stereocenters. The average molecular weight is 252 g/mol. The van der Waals surface area contributed by atoms with E-state index in [9.17, 15) is 15.0 Å². The summed E-state index contributed by atoms with van der Waals surface area (Å²) in [5.41, 5.74) is -1.05. The van der Waals surface area contributed by atoms with Crippen molar-refractivity contribution in [1.29, 1.82) is 0 Å². The minimum atomic E-state index is -0.748. The van der Waals surface area contributed by atoms with Gasteiger partial charge >= 0.3 is 5.97 Å². The maximum absolute atomic E-state index is 12.1. The number of para-hydroxylation sites is 1. The van der Waals surface area contributed by atoms with Crippen molar-refractivity contribution in [3.8, 4) is 17.2 Å². The number of ether oxygens (including phenoxy) is 1. The van der Waals surface area contributed by atoms with Crippen molar-refractivity contribution >= 4 is 5.97 Å². The van der Waals surface area contributed by atoms with Crippen LogP contribution in [0.3, 0.4) is 0 Å². The van der Waals surface area contributed by atoms with E-state index in [4.69, 9.17) is 4.74 Å². The van der Waals surface area contributed by atoms with Crippen molar-refractivity contribution in [2.75, 3.05) is 0 Å².